The first-order chi connectivity index (χ1) is 13.5. The fraction of sp³-hybridized carbons (Fsp3) is 0.435. The van der Waals surface area contributed by atoms with Crippen molar-refractivity contribution in [3.63, 3.8) is 0 Å². The lowest BCUT2D eigenvalue weighted by molar-refractivity contribution is 0.0364. The minimum Gasteiger partial charge on any atom is -0.508 e. The largest absolute Gasteiger partial charge is 0.508 e. The van der Waals surface area contributed by atoms with Crippen LogP contribution >= 0.6 is 0 Å². The molecule has 1 saturated heterocycles. The lowest BCUT2D eigenvalue weighted by atomic mass is 9.56. The summed E-state index contributed by atoms with van der Waals surface area (Å²) >= 11 is 0. The summed E-state index contributed by atoms with van der Waals surface area (Å²) in [5.41, 5.74) is 3.39. The van der Waals surface area contributed by atoms with Crippen LogP contribution < -0.4 is 10.6 Å². The van der Waals surface area contributed by atoms with Gasteiger partial charge in [-0.3, -0.25) is 0 Å². The first-order valence-corrected chi connectivity index (χ1v) is 10.1. The van der Waals surface area contributed by atoms with Gasteiger partial charge in [0, 0.05) is 23.7 Å². The van der Waals surface area contributed by atoms with Crippen LogP contribution in [0.3, 0.4) is 0 Å². The number of phenols is 1. The van der Waals surface area contributed by atoms with Crippen molar-refractivity contribution < 1.29 is 9.90 Å². The molecule has 2 aliphatic rings. The Balaban J connectivity index is 1.50. The Morgan fingerprint density at radius 1 is 1.25 bits per heavy atom. The van der Waals surface area contributed by atoms with Crippen LogP contribution in [-0.4, -0.2) is 42.2 Å². The molecule has 1 fully saturated rings. The highest BCUT2D eigenvalue weighted by Crippen LogP contribution is 2.51. The predicted molar refractivity (Wildman–Crippen MR) is 112 cm³/mol. The molecule has 28 heavy (non-hydrogen) atoms. The quantitative estimate of drug-likeness (QED) is 0.758. The van der Waals surface area contributed by atoms with Crippen molar-refractivity contribution in [2.45, 2.75) is 37.6 Å². The molecule has 1 heterocycles. The molecule has 2 amide bonds. The monoisotopic (exact) mass is 379 g/mol. The minimum atomic E-state index is -0.174. The van der Waals surface area contributed by atoms with Gasteiger partial charge in [-0.05, 0) is 74.2 Å². The fourth-order valence-electron chi connectivity index (χ4n) is 5.25. The maximum absolute atomic E-state index is 12.3. The highest BCUT2D eigenvalue weighted by Gasteiger charge is 2.50. The van der Waals surface area contributed by atoms with Crippen molar-refractivity contribution in [3.05, 3.63) is 59.7 Å². The second kappa shape index (κ2) is 7.47. The smallest absolute Gasteiger partial charge is 0.319 e. The first kappa shape index (κ1) is 18.8. The molecule has 1 aliphatic heterocycles. The zero-order valence-electron chi connectivity index (χ0n) is 16.6. The molecule has 0 unspecified atom stereocenters. The number of carbonyl (C=O) groups is 1. The zero-order valence-corrected chi connectivity index (χ0v) is 16.6. The molecular weight excluding hydrogens is 350 g/mol. The van der Waals surface area contributed by atoms with Crippen molar-refractivity contribution in [1.29, 1.82) is 0 Å². The average Bonchev–Trinajstić information content (AvgIpc) is 2.68. The van der Waals surface area contributed by atoms with E-state index in [9.17, 15) is 9.90 Å². The third-order valence-electron chi connectivity index (χ3n) is 6.87. The Bertz CT molecular complexity index is 854. The lowest BCUT2D eigenvalue weighted by Crippen LogP contribution is -2.58. The molecule has 3 atom stereocenters. The Hall–Kier alpha value is -2.53. The van der Waals surface area contributed by atoms with Crippen LogP contribution in [0.5, 0.6) is 5.75 Å². The zero-order chi connectivity index (χ0) is 19.7. The van der Waals surface area contributed by atoms with E-state index >= 15 is 0 Å². The van der Waals surface area contributed by atoms with Crippen molar-refractivity contribution in [1.82, 2.24) is 10.2 Å². The summed E-state index contributed by atoms with van der Waals surface area (Å²) in [5, 5.41) is 16.0. The number of piperidine rings is 1. The number of rotatable bonds is 4. The number of likely N-dealkylation sites (tertiary alicyclic amines) is 1. The second-order valence-electron chi connectivity index (χ2n) is 8.29. The molecule has 0 radical (unpaired) electrons. The summed E-state index contributed by atoms with van der Waals surface area (Å²) in [6.45, 7) is 3.98. The first-order valence-electron chi connectivity index (χ1n) is 10.1. The lowest BCUT2D eigenvalue weighted by Gasteiger charge is -2.55. The van der Waals surface area contributed by atoms with Gasteiger partial charge in [0.1, 0.15) is 5.75 Å². The van der Waals surface area contributed by atoms with Gasteiger partial charge >= 0.3 is 6.03 Å². The van der Waals surface area contributed by atoms with Crippen LogP contribution in [-0.2, 0) is 11.8 Å². The summed E-state index contributed by atoms with van der Waals surface area (Å²) in [6.07, 6.45) is 2.94. The number of fused-ring (bicyclic) bond motifs is 4. The van der Waals surface area contributed by atoms with Gasteiger partial charge in [0.25, 0.3) is 0 Å². The molecule has 1 aliphatic carbocycles. The van der Waals surface area contributed by atoms with Crippen LogP contribution in [0.25, 0.3) is 0 Å². The van der Waals surface area contributed by atoms with E-state index in [4.69, 9.17) is 0 Å². The van der Waals surface area contributed by atoms with E-state index in [0.717, 1.165) is 31.5 Å². The summed E-state index contributed by atoms with van der Waals surface area (Å²) in [4.78, 5) is 14.8. The summed E-state index contributed by atoms with van der Waals surface area (Å²) in [7, 11) is 2.21. The van der Waals surface area contributed by atoms with E-state index in [0.29, 0.717) is 24.3 Å². The Morgan fingerprint density at radius 3 is 2.82 bits per heavy atom. The predicted octanol–water partition coefficient (Wildman–Crippen LogP) is 3.74. The van der Waals surface area contributed by atoms with Gasteiger partial charge in [-0.1, -0.05) is 31.2 Å². The van der Waals surface area contributed by atoms with E-state index in [1.807, 2.05) is 36.4 Å². The topological polar surface area (TPSA) is 64.6 Å². The van der Waals surface area contributed by atoms with Gasteiger partial charge < -0.3 is 20.6 Å². The van der Waals surface area contributed by atoms with Gasteiger partial charge in [-0.25, -0.2) is 4.79 Å². The van der Waals surface area contributed by atoms with Crippen LogP contribution in [0.1, 0.15) is 30.9 Å². The van der Waals surface area contributed by atoms with Crippen LogP contribution in [0.15, 0.2) is 48.5 Å². The van der Waals surface area contributed by atoms with Crippen molar-refractivity contribution >= 4 is 11.7 Å². The van der Waals surface area contributed by atoms with Crippen molar-refractivity contribution in [2.75, 3.05) is 25.5 Å². The van der Waals surface area contributed by atoms with Gasteiger partial charge in [-0.2, -0.15) is 0 Å². The molecule has 2 aromatic rings. The highest BCUT2D eigenvalue weighted by molar-refractivity contribution is 5.89. The SMILES string of the molecule is C[C@H]1[C@H]2Cc3ccc(O)cc3[C@@]1(CCNC(=O)Nc1ccccc1)CCN2C. The maximum atomic E-state index is 12.3. The molecule has 0 aromatic heterocycles. The molecule has 2 aromatic carbocycles. The fourth-order valence-corrected chi connectivity index (χ4v) is 5.25. The number of carbonyl (C=O) groups excluding carboxylic acids is 1. The maximum Gasteiger partial charge on any atom is 0.319 e. The molecular formula is C23H29N3O2. The van der Waals surface area contributed by atoms with Crippen LogP contribution in [0.2, 0.25) is 0 Å². The molecule has 4 rings (SSSR count). The van der Waals surface area contributed by atoms with E-state index in [1.54, 1.807) is 6.07 Å². The van der Waals surface area contributed by atoms with E-state index < -0.39 is 0 Å². The molecule has 0 saturated carbocycles. The number of anilines is 1. The standard InChI is InChI=1S/C23H29N3O2/c1-16-21-14-17-8-9-19(27)15-20(17)23(16,11-13-26(21)2)10-12-24-22(28)25-18-6-4-3-5-7-18/h3-9,15-16,21,27H,10-14H2,1-2H3,(H2,24,25,28)/t16-,21+,23-/m0/s1. The number of nitrogens with one attached hydrogen (secondary N) is 2. The Morgan fingerprint density at radius 2 is 2.04 bits per heavy atom. The summed E-state index contributed by atoms with van der Waals surface area (Å²) in [6, 6.07) is 15.6. The molecule has 3 N–H and O–H groups in total. The molecule has 0 spiro atoms. The van der Waals surface area contributed by atoms with Gasteiger partial charge in [0.05, 0.1) is 0 Å². The number of phenolic OH excluding ortho intramolecular Hbond substituents is 1. The normalized spacial score (nSPS) is 26.4. The minimum absolute atomic E-state index is 0.0104. The number of hydrogen-bond donors (Lipinski definition) is 3. The number of aromatic hydroxyl groups is 1. The Labute approximate surface area is 166 Å². The van der Waals surface area contributed by atoms with E-state index in [1.165, 1.54) is 11.1 Å². The third-order valence-corrected chi connectivity index (χ3v) is 6.87. The van der Waals surface area contributed by atoms with E-state index in [2.05, 4.69) is 35.6 Å². The third kappa shape index (κ3) is 3.35. The van der Waals surface area contributed by atoms with Gasteiger partial charge in [0.2, 0.25) is 0 Å². The molecule has 5 nitrogen and oxygen atoms in total. The van der Waals surface area contributed by atoms with Crippen molar-refractivity contribution in [3.8, 4) is 5.75 Å². The number of amides is 2. The highest BCUT2D eigenvalue weighted by atomic mass is 16.3. The Kier molecular flexibility index (Phi) is 5.02. The van der Waals surface area contributed by atoms with Crippen LogP contribution in [0.4, 0.5) is 10.5 Å². The number of nitrogens with zero attached hydrogens (tertiary/aromatic N) is 1. The summed E-state index contributed by atoms with van der Waals surface area (Å²) in [5.74, 6) is 0.803. The van der Waals surface area contributed by atoms with Crippen LogP contribution in [0, 0.1) is 5.92 Å². The molecule has 5 heteroatoms. The molecule has 148 valence electrons. The molecule has 2 bridgehead atoms. The number of likely N-dealkylation sites (N-methyl/N-ethyl adjacent to an activating group) is 1. The number of urea groups is 1. The number of benzene rings is 2. The number of hydrogen-bond acceptors (Lipinski definition) is 3. The summed E-state index contributed by atoms with van der Waals surface area (Å²) < 4.78 is 0. The number of para-hydroxylation sites is 1. The van der Waals surface area contributed by atoms with E-state index in [-0.39, 0.29) is 11.4 Å². The second-order valence-corrected chi connectivity index (χ2v) is 8.29. The van der Waals surface area contributed by atoms with Gasteiger partial charge in [-0.15, -0.1) is 0 Å². The average molecular weight is 380 g/mol. The van der Waals surface area contributed by atoms with Crippen molar-refractivity contribution in [2.24, 2.45) is 5.92 Å². The van der Waals surface area contributed by atoms with Gasteiger partial charge in [0.15, 0.2) is 0 Å².